The molecule has 3 nitrogen and oxygen atoms in total. The minimum absolute atomic E-state index is 0.754. The molecule has 3 heteroatoms. The van der Waals surface area contributed by atoms with Gasteiger partial charge in [-0.05, 0) is 37.0 Å². The van der Waals surface area contributed by atoms with Gasteiger partial charge in [-0.1, -0.05) is 18.6 Å². The Morgan fingerprint density at radius 3 is 2.89 bits per heavy atom. The number of fused-ring (bicyclic) bond motifs is 1. The van der Waals surface area contributed by atoms with Crippen LogP contribution in [0.1, 0.15) is 24.8 Å². The molecule has 2 atom stereocenters. The fourth-order valence-electron chi connectivity index (χ4n) is 3.52. The highest BCUT2D eigenvalue weighted by molar-refractivity contribution is 5.27. The number of hydrogen-bond acceptors (Lipinski definition) is 3. The quantitative estimate of drug-likeness (QED) is 0.897. The zero-order valence-electron chi connectivity index (χ0n) is 11.8. The Labute approximate surface area is 115 Å². The molecule has 1 heterocycles. The number of methoxy groups -OCH3 is 1. The van der Waals surface area contributed by atoms with Crippen molar-refractivity contribution in [3.63, 3.8) is 0 Å². The van der Waals surface area contributed by atoms with Gasteiger partial charge in [-0.2, -0.15) is 0 Å². The fourth-order valence-corrected chi connectivity index (χ4v) is 3.52. The molecule has 1 aromatic rings. The maximum Gasteiger partial charge on any atom is 0.118 e. The van der Waals surface area contributed by atoms with Gasteiger partial charge in [-0.15, -0.1) is 0 Å². The first kappa shape index (κ1) is 12.9. The molecule has 1 saturated heterocycles. The van der Waals surface area contributed by atoms with Crippen molar-refractivity contribution in [2.45, 2.75) is 37.8 Å². The third kappa shape index (κ3) is 2.93. The third-order valence-electron chi connectivity index (χ3n) is 4.60. The lowest BCUT2D eigenvalue weighted by atomic mass is 10.1. The summed E-state index contributed by atoms with van der Waals surface area (Å²) >= 11 is 0. The Morgan fingerprint density at radius 2 is 2.11 bits per heavy atom. The molecule has 1 N–H and O–H groups in total. The van der Waals surface area contributed by atoms with Gasteiger partial charge in [0.1, 0.15) is 5.75 Å². The highest BCUT2D eigenvalue weighted by Crippen LogP contribution is 2.26. The van der Waals surface area contributed by atoms with Crippen molar-refractivity contribution >= 4 is 0 Å². The van der Waals surface area contributed by atoms with Crippen LogP contribution < -0.4 is 10.1 Å². The SMILES string of the molecule is COc1ccc(CCN2CCN[C@H]3CCC[C@@H]32)cc1. The molecule has 2 fully saturated rings. The summed E-state index contributed by atoms with van der Waals surface area (Å²) < 4.78 is 5.20. The summed E-state index contributed by atoms with van der Waals surface area (Å²) in [6, 6.07) is 10.0. The topological polar surface area (TPSA) is 24.5 Å². The third-order valence-corrected chi connectivity index (χ3v) is 4.60. The second kappa shape index (κ2) is 5.93. The molecule has 2 aliphatic rings. The average molecular weight is 260 g/mol. The molecule has 1 aliphatic carbocycles. The standard InChI is InChI=1S/C16H24N2O/c1-19-14-7-5-13(6-8-14)9-11-18-12-10-17-15-3-2-4-16(15)18/h5-8,15-17H,2-4,9-12H2,1H3/t15-,16-/m0/s1. The van der Waals surface area contributed by atoms with E-state index in [0.29, 0.717) is 0 Å². The van der Waals surface area contributed by atoms with Gasteiger partial charge in [0.2, 0.25) is 0 Å². The van der Waals surface area contributed by atoms with Crippen molar-refractivity contribution in [2.24, 2.45) is 0 Å². The lowest BCUT2D eigenvalue weighted by molar-refractivity contribution is 0.138. The normalized spacial score (nSPS) is 27.2. The van der Waals surface area contributed by atoms with Crippen LogP contribution in [-0.2, 0) is 6.42 Å². The van der Waals surface area contributed by atoms with E-state index in [-0.39, 0.29) is 0 Å². The van der Waals surface area contributed by atoms with Gasteiger partial charge in [0.15, 0.2) is 0 Å². The maximum atomic E-state index is 5.20. The van der Waals surface area contributed by atoms with Crippen LogP contribution in [0.4, 0.5) is 0 Å². The molecule has 104 valence electrons. The summed E-state index contributed by atoms with van der Waals surface area (Å²) in [7, 11) is 1.72. The van der Waals surface area contributed by atoms with Crippen LogP contribution in [0.15, 0.2) is 24.3 Å². The molecule has 0 unspecified atom stereocenters. The van der Waals surface area contributed by atoms with Crippen molar-refractivity contribution in [2.75, 3.05) is 26.7 Å². The van der Waals surface area contributed by atoms with E-state index in [1.54, 1.807) is 7.11 Å². The number of hydrogen-bond donors (Lipinski definition) is 1. The van der Waals surface area contributed by atoms with Crippen LogP contribution >= 0.6 is 0 Å². The van der Waals surface area contributed by atoms with Crippen LogP contribution in [0.25, 0.3) is 0 Å². The van der Waals surface area contributed by atoms with Gasteiger partial charge in [-0.3, -0.25) is 4.90 Å². The molecule has 0 amide bonds. The van der Waals surface area contributed by atoms with E-state index in [1.165, 1.54) is 37.9 Å². The minimum Gasteiger partial charge on any atom is -0.497 e. The highest BCUT2D eigenvalue weighted by Gasteiger charge is 2.34. The van der Waals surface area contributed by atoms with E-state index in [4.69, 9.17) is 4.74 Å². The molecule has 0 spiro atoms. The van der Waals surface area contributed by atoms with Crippen molar-refractivity contribution < 1.29 is 4.74 Å². The lowest BCUT2D eigenvalue weighted by Crippen LogP contribution is -2.55. The summed E-state index contributed by atoms with van der Waals surface area (Å²) in [6.07, 6.45) is 5.28. The average Bonchev–Trinajstić information content (AvgIpc) is 2.94. The molecule has 0 aromatic heterocycles. The van der Waals surface area contributed by atoms with Gasteiger partial charge in [0, 0.05) is 31.7 Å². The summed E-state index contributed by atoms with van der Waals surface area (Å²) in [5.74, 6) is 0.946. The van der Waals surface area contributed by atoms with Crippen LogP contribution in [0.5, 0.6) is 5.75 Å². The number of piperazine rings is 1. The summed E-state index contributed by atoms with van der Waals surface area (Å²) in [6.45, 7) is 3.55. The molecule has 1 saturated carbocycles. The maximum absolute atomic E-state index is 5.20. The molecular formula is C16H24N2O. The zero-order valence-corrected chi connectivity index (χ0v) is 11.8. The second-order valence-corrected chi connectivity index (χ2v) is 5.69. The summed E-state index contributed by atoms with van der Waals surface area (Å²) in [5.41, 5.74) is 1.41. The summed E-state index contributed by atoms with van der Waals surface area (Å²) in [4.78, 5) is 2.69. The Morgan fingerprint density at radius 1 is 1.26 bits per heavy atom. The van der Waals surface area contributed by atoms with Gasteiger partial charge in [0.05, 0.1) is 7.11 Å². The van der Waals surface area contributed by atoms with Crippen LogP contribution in [0.2, 0.25) is 0 Å². The molecule has 1 aliphatic heterocycles. The fraction of sp³-hybridized carbons (Fsp3) is 0.625. The second-order valence-electron chi connectivity index (χ2n) is 5.69. The molecule has 3 rings (SSSR count). The van der Waals surface area contributed by atoms with E-state index in [9.17, 15) is 0 Å². The van der Waals surface area contributed by atoms with Crippen molar-refractivity contribution in [3.8, 4) is 5.75 Å². The largest absolute Gasteiger partial charge is 0.497 e. The Bertz CT molecular complexity index is 404. The number of benzene rings is 1. The first-order chi connectivity index (χ1) is 9.36. The van der Waals surface area contributed by atoms with Crippen molar-refractivity contribution in [1.82, 2.24) is 10.2 Å². The molecule has 1 aromatic carbocycles. The number of nitrogens with zero attached hydrogens (tertiary/aromatic N) is 1. The van der Waals surface area contributed by atoms with E-state index in [1.807, 2.05) is 0 Å². The van der Waals surface area contributed by atoms with Gasteiger partial charge in [0.25, 0.3) is 0 Å². The van der Waals surface area contributed by atoms with Gasteiger partial charge in [-0.25, -0.2) is 0 Å². The first-order valence-electron chi connectivity index (χ1n) is 7.47. The molecular weight excluding hydrogens is 236 g/mol. The molecule has 0 radical (unpaired) electrons. The van der Waals surface area contributed by atoms with Gasteiger partial charge >= 0.3 is 0 Å². The summed E-state index contributed by atoms with van der Waals surface area (Å²) in [5, 5.41) is 3.67. The number of nitrogens with one attached hydrogen (secondary N) is 1. The number of rotatable bonds is 4. The van der Waals surface area contributed by atoms with E-state index in [2.05, 4.69) is 34.5 Å². The molecule has 0 bridgehead atoms. The Balaban J connectivity index is 1.55. The van der Waals surface area contributed by atoms with Crippen LogP contribution in [0, 0.1) is 0 Å². The number of ether oxygens (including phenoxy) is 1. The smallest absolute Gasteiger partial charge is 0.118 e. The predicted molar refractivity (Wildman–Crippen MR) is 77.7 cm³/mol. The Kier molecular flexibility index (Phi) is 4.04. The van der Waals surface area contributed by atoms with E-state index in [0.717, 1.165) is 30.8 Å². The minimum atomic E-state index is 0.754. The zero-order chi connectivity index (χ0) is 13.1. The Hall–Kier alpha value is -1.06. The predicted octanol–water partition coefficient (Wildman–Crippen LogP) is 2.06. The molecule has 19 heavy (non-hydrogen) atoms. The van der Waals surface area contributed by atoms with Crippen LogP contribution in [-0.4, -0.2) is 43.7 Å². The van der Waals surface area contributed by atoms with Crippen molar-refractivity contribution in [3.05, 3.63) is 29.8 Å². The van der Waals surface area contributed by atoms with E-state index < -0.39 is 0 Å². The van der Waals surface area contributed by atoms with Crippen molar-refractivity contribution in [1.29, 1.82) is 0 Å². The monoisotopic (exact) mass is 260 g/mol. The van der Waals surface area contributed by atoms with E-state index >= 15 is 0 Å². The van der Waals surface area contributed by atoms with Gasteiger partial charge < -0.3 is 10.1 Å². The van der Waals surface area contributed by atoms with Crippen LogP contribution in [0.3, 0.4) is 0 Å². The lowest BCUT2D eigenvalue weighted by Gasteiger charge is -2.38. The highest BCUT2D eigenvalue weighted by atomic mass is 16.5. The first-order valence-corrected chi connectivity index (χ1v) is 7.47.